The molecule has 1 amide bonds. The number of carboxylic acid groups (broad SMARTS) is 1. The molecule has 6 heteroatoms. The minimum atomic E-state index is -1.08. The first-order valence-electron chi connectivity index (χ1n) is 4.34. The summed E-state index contributed by atoms with van der Waals surface area (Å²) in [4.78, 5) is 21.4. The Labute approximate surface area is 92.8 Å². The number of nitrogens with two attached hydrogens (primary N) is 1. The first kappa shape index (κ1) is 13.8. The smallest absolute Gasteiger partial charge is 0.305 e. The zero-order chi connectivity index (χ0) is 11.7. The van der Waals surface area contributed by atoms with Crippen molar-refractivity contribution in [3.8, 4) is 12.3 Å². The molecule has 0 aliphatic heterocycles. The van der Waals surface area contributed by atoms with E-state index in [0.717, 1.165) is 0 Å². The Kier molecular flexibility index (Phi) is 7.50. The molecule has 4 N–H and O–H groups in total. The molecule has 0 aromatic heterocycles. The SMILES string of the molecule is C#CCSCCNC(=O)C(N)CC(=O)O. The predicted octanol–water partition coefficient (Wildman–Crippen LogP) is -0.729. The third-order valence-corrected chi connectivity index (χ3v) is 2.33. The van der Waals surface area contributed by atoms with Crippen LogP contribution in [0, 0.1) is 12.3 Å². The Morgan fingerprint density at radius 3 is 2.80 bits per heavy atom. The standard InChI is InChI=1S/C9H14N2O3S/c1-2-4-15-5-3-11-9(14)7(10)6-8(12)13/h1,7H,3-6,10H2,(H,11,14)(H,12,13). The van der Waals surface area contributed by atoms with Gasteiger partial charge in [-0.15, -0.1) is 18.2 Å². The number of rotatable bonds is 7. The van der Waals surface area contributed by atoms with Gasteiger partial charge in [-0.2, -0.15) is 0 Å². The molecule has 0 radical (unpaired) electrons. The molecule has 0 aromatic rings. The molecule has 0 fully saturated rings. The number of amides is 1. The second kappa shape index (κ2) is 8.15. The predicted molar refractivity (Wildman–Crippen MR) is 59.4 cm³/mol. The third-order valence-electron chi connectivity index (χ3n) is 1.46. The normalized spacial score (nSPS) is 11.5. The topological polar surface area (TPSA) is 92.4 Å². The van der Waals surface area contributed by atoms with Crippen molar-refractivity contribution in [1.82, 2.24) is 5.32 Å². The highest BCUT2D eigenvalue weighted by atomic mass is 32.2. The van der Waals surface area contributed by atoms with Crippen molar-refractivity contribution in [3.05, 3.63) is 0 Å². The molecule has 0 saturated carbocycles. The number of hydrogen-bond acceptors (Lipinski definition) is 4. The van der Waals surface area contributed by atoms with Gasteiger partial charge in [0.05, 0.1) is 18.2 Å². The maximum absolute atomic E-state index is 11.2. The highest BCUT2D eigenvalue weighted by Gasteiger charge is 2.15. The van der Waals surface area contributed by atoms with Crippen LogP contribution in [-0.2, 0) is 9.59 Å². The van der Waals surface area contributed by atoms with Gasteiger partial charge in [0.1, 0.15) is 0 Å². The molecule has 15 heavy (non-hydrogen) atoms. The van der Waals surface area contributed by atoms with E-state index in [2.05, 4.69) is 11.2 Å². The first-order chi connectivity index (χ1) is 7.07. The molecule has 5 nitrogen and oxygen atoms in total. The fourth-order valence-corrected chi connectivity index (χ4v) is 1.30. The number of carboxylic acids is 1. The number of carbonyl (C=O) groups is 2. The Bertz CT molecular complexity index is 263. The summed E-state index contributed by atoms with van der Waals surface area (Å²) in [6.45, 7) is 0.443. The van der Waals surface area contributed by atoms with Gasteiger partial charge in [-0.3, -0.25) is 9.59 Å². The summed E-state index contributed by atoms with van der Waals surface area (Å²) < 4.78 is 0. The minimum Gasteiger partial charge on any atom is -0.481 e. The molecular formula is C9H14N2O3S. The van der Waals surface area contributed by atoms with E-state index in [-0.39, 0.29) is 6.42 Å². The van der Waals surface area contributed by atoms with Gasteiger partial charge >= 0.3 is 5.97 Å². The maximum atomic E-state index is 11.2. The quantitative estimate of drug-likeness (QED) is 0.396. The number of terminal acetylenes is 1. The zero-order valence-electron chi connectivity index (χ0n) is 8.23. The lowest BCUT2D eigenvalue weighted by Gasteiger charge is -2.09. The van der Waals surface area contributed by atoms with Crippen LogP contribution in [0.4, 0.5) is 0 Å². The van der Waals surface area contributed by atoms with E-state index in [4.69, 9.17) is 17.3 Å². The van der Waals surface area contributed by atoms with Crippen LogP contribution in [0.15, 0.2) is 0 Å². The summed E-state index contributed by atoms with van der Waals surface area (Å²) in [5, 5.41) is 10.9. The lowest BCUT2D eigenvalue weighted by atomic mass is 10.2. The van der Waals surface area contributed by atoms with Crippen molar-refractivity contribution in [2.75, 3.05) is 18.1 Å². The van der Waals surface area contributed by atoms with Crippen molar-refractivity contribution < 1.29 is 14.7 Å². The van der Waals surface area contributed by atoms with Gasteiger partial charge in [0.15, 0.2) is 0 Å². The molecule has 0 saturated heterocycles. The van der Waals surface area contributed by atoms with Gasteiger partial charge in [-0.05, 0) is 0 Å². The summed E-state index contributed by atoms with van der Waals surface area (Å²) >= 11 is 1.51. The van der Waals surface area contributed by atoms with Gasteiger partial charge in [0.2, 0.25) is 5.91 Å². The number of nitrogens with one attached hydrogen (secondary N) is 1. The summed E-state index contributed by atoms with van der Waals surface area (Å²) in [5.74, 6) is 2.21. The highest BCUT2D eigenvalue weighted by Crippen LogP contribution is 1.95. The monoisotopic (exact) mass is 230 g/mol. The lowest BCUT2D eigenvalue weighted by Crippen LogP contribution is -2.42. The maximum Gasteiger partial charge on any atom is 0.305 e. The largest absolute Gasteiger partial charge is 0.481 e. The summed E-state index contributed by atoms with van der Waals surface area (Å²) in [5.41, 5.74) is 5.33. The van der Waals surface area contributed by atoms with Crippen LogP contribution in [0.3, 0.4) is 0 Å². The van der Waals surface area contributed by atoms with Gasteiger partial charge in [0, 0.05) is 12.3 Å². The zero-order valence-corrected chi connectivity index (χ0v) is 9.05. The second-order valence-corrected chi connectivity index (χ2v) is 3.86. The van der Waals surface area contributed by atoms with Gasteiger partial charge < -0.3 is 16.2 Å². The van der Waals surface area contributed by atoms with Crippen LogP contribution < -0.4 is 11.1 Å². The number of aliphatic carboxylic acids is 1. The van der Waals surface area contributed by atoms with Crippen LogP contribution >= 0.6 is 11.8 Å². The molecule has 0 rings (SSSR count). The van der Waals surface area contributed by atoms with E-state index < -0.39 is 17.9 Å². The molecule has 0 heterocycles. The van der Waals surface area contributed by atoms with Crippen LogP contribution in [0.1, 0.15) is 6.42 Å². The molecule has 1 atom stereocenters. The molecular weight excluding hydrogens is 216 g/mol. The molecule has 84 valence electrons. The molecule has 0 aliphatic carbocycles. The van der Waals surface area contributed by atoms with E-state index in [1.54, 1.807) is 0 Å². The van der Waals surface area contributed by atoms with Crippen LogP contribution in [0.2, 0.25) is 0 Å². The first-order valence-corrected chi connectivity index (χ1v) is 5.49. The Morgan fingerprint density at radius 1 is 1.60 bits per heavy atom. The van der Waals surface area contributed by atoms with Gasteiger partial charge in [-0.1, -0.05) is 5.92 Å². The van der Waals surface area contributed by atoms with Crippen molar-refractivity contribution >= 4 is 23.6 Å². The van der Waals surface area contributed by atoms with E-state index in [9.17, 15) is 9.59 Å². The van der Waals surface area contributed by atoms with Crippen molar-refractivity contribution in [1.29, 1.82) is 0 Å². The fourth-order valence-electron chi connectivity index (χ4n) is 0.789. The number of carbonyl (C=O) groups excluding carboxylic acids is 1. The second-order valence-electron chi connectivity index (χ2n) is 2.75. The van der Waals surface area contributed by atoms with Crippen LogP contribution in [0.5, 0.6) is 0 Å². The average Bonchev–Trinajstić information content (AvgIpc) is 2.16. The minimum absolute atomic E-state index is 0.358. The van der Waals surface area contributed by atoms with E-state index in [1.807, 2.05) is 0 Å². The van der Waals surface area contributed by atoms with Gasteiger partial charge in [-0.25, -0.2) is 0 Å². The molecule has 1 unspecified atom stereocenters. The third kappa shape index (κ3) is 7.85. The van der Waals surface area contributed by atoms with Crippen molar-refractivity contribution in [2.45, 2.75) is 12.5 Å². The van der Waals surface area contributed by atoms with Crippen LogP contribution in [0.25, 0.3) is 0 Å². The average molecular weight is 230 g/mol. The fraction of sp³-hybridized carbons (Fsp3) is 0.556. The Morgan fingerprint density at radius 2 is 2.27 bits per heavy atom. The molecule has 0 bridgehead atoms. The summed E-state index contributed by atoms with van der Waals surface area (Å²) in [7, 11) is 0. The Hall–Kier alpha value is -1.19. The van der Waals surface area contributed by atoms with E-state index in [1.165, 1.54) is 11.8 Å². The molecule has 0 aromatic carbocycles. The lowest BCUT2D eigenvalue weighted by molar-refractivity contribution is -0.139. The summed E-state index contributed by atoms with van der Waals surface area (Å²) in [6, 6.07) is -0.986. The van der Waals surface area contributed by atoms with Crippen LogP contribution in [-0.4, -0.2) is 41.1 Å². The van der Waals surface area contributed by atoms with E-state index >= 15 is 0 Å². The number of hydrogen-bond donors (Lipinski definition) is 3. The van der Waals surface area contributed by atoms with Crippen molar-refractivity contribution in [2.24, 2.45) is 5.73 Å². The number of thioether (sulfide) groups is 1. The summed E-state index contributed by atoms with van der Waals surface area (Å²) in [6.07, 6.45) is 4.67. The van der Waals surface area contributed by atoms with E-state index in [0.29, 0.717) is 18.1 Å². The highest BCUT2D eigenvalue weighted by molar-refractivity contribution is 7.99. The molecule has 0 aliphatic rings. The van der Waals surface area contributed by atoms with Gasteiger partial charge in [0.25, 0.3) is 0 Å². The Balaban J connectivity index is 3.56. The van der Waals surface area contributed by atoms with Crippen molar-refractivity contribution in [3.63, 3.8) is 0 Å². The molecule has 0 spiro atoms.